The maximum Gasteiger partial charge on any atom is 0.137 e. The van der Waals surface area contributed by atoms with E-state index in [9.17, 15) is 0 Å². The number of fused-ring (bicyclic) bond motifs is 9. The van der Waals surface area contributed by atoms with Gasteiger partial charge in [0.25, 0.3) is 0 Å². The molecule has 2 nitrogen and oxygen atoms in total. The largest absolute Gasteiger partial charge is 0.456 e. The average Bonchev–Trinajstić information content (AvgIpc) is 3.71. The van der Waals surface area contributed by atoms with Gasteiger partial charge < -0.3 is 9.32 Å². The van der Waals surface area contributed by atoms with Gasteiger partial charge in [-0.15, -0.1) is 0 Å². The number of nitrogens with zero attached hydrogens (tertiary/aromatic N) is 1. The zero-order valence-corrected chi connectivity index (χ0v) is 32.7. The molecule has 12 aromatic rings. The van der Waals surface area contributed by atoms with Crippen LogP contribution in [-0.4, -0.2) is 0 Å². The molecule has 280 valence electrons. The second kappa shape index (κ2) is 13.9. The highest BCUT2D eigenvalue weighted by Gasteiger charge is 2.20. The van der Waals surface area contributed by atoms with E-state index in [1.54, 1.807) is 0 Å². The number of anilines is 3. The molecule has 0 atom stereocenters. The predicted octanol–water partition coefficient (Wildman–Crippen LogP) is 16.7. The highest BCUT2D eigenvalue weighted by atomic mass is 16.3. The minimum Gasteiger partial charge on any atom is -0.456 e. The molecule has 0 amide bonds. The summed E-state index contributed by atoms with van der Waals surface area (Å²) in [6, 6.07) is 81.3. The molecule has 1 heterocycles. The SMILES string of the molecule is c1cc(-c2ccc3c(ccc4ccccc43)c2)cc(N(c2ccc(-c3ccc(-c4cccc5c4ccc4ccccc45)cc3)cc2)c2cccc3oc4ccccc4c23)c1. The smallest absolute Gasteiger partial charge is 0.137 e. The monoisotopic (exact) mass is 763 g/mol. The molecule has 0 spiro atoms. The van der Waals surface area contributed by atoms with Crippen molar-refractivity contribution in [3.05, 3.63) is 224 Å². The second-order valence-electron chi connectivity index (χ2n) is 15.7. The van der Waals surface area contributed by atoms with Crippen LogP contribution in [0.1, 0.15) is 0 Å². The van der Waals surface area contributed by atoms with Crippen LogP contribution in [0.2, 0.25) is 0 Å². The Hall–Kier alpha value is -7.94. The van der Waals surface area contributed by atoms with Crippen LogP contribution in [0, 0.1) is 0 Å². The van der Waals surface area contributed by atoms with Crippen LogP contribution >= 0.6 is 0 Å². The highest BCUT2D eigenvalue weighted by Crippen LogP contribution is 2.44. The Bertz CT molecular complexity index is 3600. The molecule has 11 aromatic carbocycles. The summed E-state index contributed by atoms with van der Waals surface area (Å²) < 4.78 is 6.41. The average molecular weight is 764 g/mol. The molecule has 2 heteroatoms. The Morgan fingerprint density at radius 2 is 0.833 bits per heavy atom. The Labute approximate surface area is 347 Å². The van der Waals surface area contributed by atoms with E-state index >= 15 is 0 Å². The third-order valence-electron chi connectivity index (χ3n) is 12.2. The fourth-order valence-corrected chi connectivity index (χ4v) is 9.32. The molecule has 60 heavy (non-hydrogen) atoms. The minimum atomic E-state index is 0.868. The van der Waals surface area contributed by atoms with Gasteiger partial charge in [-0.05, 0) is 125 Å². The molecule has 12 rings (SSSR count). The molecule has 0 saturated carbocycles. The van der Waals surface area contributed by atoms with Gasteiger partial charge in [0.05, 0.1) is 11.1 Å². The lowest BCUT2D eigenvalue weighted by molar-refractivity contribution is 0.669. The topological polar surface area (TPSA) is 16.4 Å². The van der Waals surface area contributed by atoms with Crippen LogP contribution < -0.4 is 4.90 Å². The molecule has 0 saturated heterocycles. The first-order valence-corrected chi connectivity index (χ1v) is 20.6. The molecule has 0 bridgehead atoms. The van der Waals surface area contributed by atoms with E-state index in [1.807, 2.05) is 6.07 Å². The summed E-state index contributed by atoms with van der Waals surface area (Å²) in [5.74, 6) is 0. The molecule has 0 radical (unpaired) electrons. The molecule has 0 aliphatic rings. The second-order valence-corrected chi connectivity index (χ2v) is 15.7. The Morgan fingerprint density at radius 1 is 0.283 bits per heavy atom. The van der Waals surface area contributed by atoms with Gasteiger partial charge in [0.2, 0.25) is 0 Å². The van der Waals surface area contributed by atoms with E-state index in [1.165, 1.54) is 70.9 Å². The van der Waals surface area contributed by atoms with E-state index in [4.69, 9.17) is 4.42 Å². The van der Waals surface area contributed by atoms with Crippen LogP contribution in [0.25, 0.3) is 98.4 Å². The number of hydrogen-bond donors (Lipinski definition) is 0. The summed E-state index contributed by atoms with van der Waals surface area (Å²) >= 11 is 0. The third kappa shape index (κ3) is 5.65. The summed E-state index contributed by atoms with van der Waals surface area (Å²) in [6.45, 7) is 0. The van der Waals surface area contributed by atoms with Crippen molar-refractivity contribution < 1.29 is 4.42 Å². The first kappa shape index (κ1) is 34.1. The molecule has 0 aliphatic heterocycles. The zero-order valence-electron chi connectivity index (χ0n) is 32.7. The van der Waals surface area contributed by atoms with Gasteiger partial charge in [0.15, 0.2) is 0 Å². The van der Waals surface area contributed by atoms with Crippen molar-refractivity contribution in [3.8, 4) is 33.4 Å². The lowest BCUT2D eigenvalue weighted by Crippen LogP contribution is -2.10. The summed E-state index contributed by atoms with van der Waals surface area (Å²) in [5.41, 5.74) is 12.1. The first-order valence-electron chi connectivity index (χ1n) is 20.6. The predicted molar refractivity (Wildman–Crippen MR) is 255 cm³/mol. The number of hydrogen-bond acceptors (Lipinski definition) is 2. The summed E-state index contributed by atoms with van der Waals surface area (Å²) in [6.07, 6.45) is 0. The normalized spacial score (nSPS) is 11.7. The zero-order chi connectivity index (χ0) is 39.6. The molecule has 1 aromatic heterocycles. The maximum atomic E-state index is 6.41. The summed E-state index contributed by atoms with van der Waals surface area (Å²) in [5, 5.41) is 12.3. The lowest BCUT2D eigenvalue weighted by atomic mass is 9.93. The van der Waals surface area contributed by atoms with Crippen LogP contribution in [0.4, 0.5) is 17.1 Å². The Morgan fingerprint density at radius 3 is 1.65 bits per heavy atom. The molecule has 0 unspecified atom stereocenters. The van der Waals surface area contributed by atoms with Gasteiger partial charge in [0, 0.05) is 16.8 Å². The molecule has 0 N–H and O–H groups in total. The van der Waals surface area contributed by atoms with E-state index in [0.29, 0.717) is 0 Å². The third-order valence-corrected chi connectivity index (χ3v) is 12.2. The van der Waals surface area contributed by atoms with Gasteiger partial charge in [-0.25, -0.2) is 0 Å². The molecular formula is C58H37NO. The van der Waals surface area contributed by atoms with Crippen molar-refractivity contribution in [2.45, 2.75) is 0 Å². The maximum absolute atomic E-state index is 6.41. The van der Waals surface area contributed by atoms with Crippen LogP contribution in [-0.2, 0) is 0 Å². The molecule has 0 fully saturated rings. The van der Waals surface area contributed by atoms with Gasteiger partial charge in [-0.3, -0.25) is 0 Å². The quantitative estimate of drug-likeness (QED) is 0.157. The van der Waals surface area contributed by atoms with Crippen molar-refractivity contribution in [1.29, 1.82) is 0 Å². The Kier molecular flexibility index (Phi) is 7.89. The summed E-state index contributed by atoms with van der Waals surface area (Å²) in [4.78, 5) is 2.37. The number of benzene rings is 11. The van der Waals surface area contributed by atoms with E-state index in [2.05, 4.69) is 223 Å². The van der Waals surface area contributed by atoms with E-state index in [-0.39, 0.29) is 0 Å². The van der Waals surface area contributed by atoms with Gasteiger partial charge in [-0.2, -0.15) is 0 Å². The molecular weight excluding hydrogens is 727 g/mol. The van der Waals surface area contributed by atoms with Crippen LogP contribution in [0.15, 0.2) is 229 Å². The van der Waals surface area contributed by atoms with Gasteiger partial charge in [-0.1, -0.05) is 176 Å². The first-order chi connectivity index (χ1) is 29.7. The van der Waals surface area contributed by atoms with Crippen LogP contribution in [0.3, 0.4) is 0 Å². The van der Waals surface area contributed by atoms with Gasteiger partial charge in [0.1, 0.15) is 11.2 Å². The number of para-hydroxylation sites is 1. The van der Waals surface area contributed by atoms with Crippen molar-refractivity contribution in [2.24, 2.45) is 0 Å². The summed E-state index contributed by atoms with van der Waals surface area (Å²) in [7, 11) is 0. The lowest BCUT2D eigenvalue weighted by Gasteiger charge is -2.27. The van der Waals surface area contributed by atoms with Crippen LogP contribution in [0.5, 0.6) is 0 Å². The van der Waals surface area contributed by atoms with Gasteiger partial charge >= 0.3 is 0 Å². The van der Waals surface area contributed by atoms with E-state index in [0.717, 1.165) is 44.6 Å². The standard InChI is InChI=1S/C58H37NO/c1-3-14-48-40(10-1)26-27-45-36-44(31-34-51(45)48)43-12-7-13-47(37-43)59(55-19-9-21-57-58(55)54-16-5-6-20-56(54)60-57)46-32-28-39(29-33-46)38-22-24-42(25-23-38)50-17-8-18-52-49-15-4-2-11-41(49)30-35-53(50)52/h1-37H. The fraction of sp³-hybridized carbons (Fsp3) is 0. The number of furan rings is 1. The van der Waals surface area contributed by atoms with Crippen molar-refractivity contribution >= 4 is 82.1 Å². The highest BCUT2D eigenvalue weighted by molar-refractivity contribution is 6.14. The molecule has 0 aliphatic carbocycles. The van der Waals surface area contributed by atoms with E-state index < -0.39 is 0 Å². The van der Waals surface area contributed by atoms with Crippen molar-refractivity contribution in [2.75, 3.05) is 4.90 Å². The Balaban J connectivity index is 0.942. The fourth-order valence-electron chi connectivity index (χ4n) is 9.32. The number of rotatable bonds is 6. The minimum absolute atomic E-state index is 0.868. The van der Waals surface area contributed by atoms with Crippen molar-refractivity contribution in [1.82, 2.24) is 0 Å². The van der Waals surface area contributed by atoms with Crippen molar-refractivity contribution in [3.63, 3.8) is 0 Å².